The van der Waals surface area contributed by atoms with Gasteiger partial charge in [0.1, 0.15) is 10.6 Å². The maximum Gasteiger partial charge on any atom is 0.283 e. The number of hydrazone groups is 1. The number of nitrogens with one attached hydrogen (secondary N) is 1. The number of anilines is 1. The summed E-state index contributed by atoms with van der Waals surface area (Å²) in [7, 11) is 0. The molecule has 0 bridgehead atoms. The normalized spacial score (nSPS) is 10.9. The molecule has 1 aromatic heterocycles. The topological polar surface area (TPSA) is 89.6 Å². The zero-order valence-electron chi connectivity index (χ0n) is 13.9. The minimum Gasteiger partial charge on any atom is -0.493 e. The van der Waals surface area contributed by atoms with Gasteiger partial charge in [0.2, 0.25) is 0 Å². The van der Waals surface area contributed by atoms with Crippen molar-refractivity contribution >= 4 is 28.6 Å². The molecule has 0 aliphatic rings. The van der Waals surface area contributed by atoms with Crippen LogP contribution in [0.3, 0.4) is 0 Å². The first-order valence-corrected chi connectivity index (χ1v) is 8.71. The minimum absolute atomic E-state index is 0.320. The van der Waals surface area contributed by atoms with E-state index in [2.05, 4.69) is 22.4 Å². The highest BCUT2D eigenvalue weighted by Crippen LogP contribution is 2.19. The number of benzene rings is 1. The fourth-order valence-electron chi connectivity index (χ4n) is 2.09. The number of nitrogens with two attached hydrogens (primary N) is 1. The molecular formula is C17H22N4O2S. The van der Waals surface area contributed by atoms with Crippen molar-refractivity contribution in [2.75, 3.05) is 12.3 Å². The van der Waals surface area contributed by atoms with E-state index in [1.165, 1.54) is 0 Å². The number of para-hydroxylation sites is 1. The summed E-state index contributed by atoms with van der Waals surface area (Å²) in [6, 6.07) is 7.59. The summed E-state index contributed by atoms with van der Waals surface area (Å²) in [4.78, 5) is 16.5. The van der Waals surface area contributed by atoms with Crippen LogP contribution >= 0.6 is 11.3 Å². The van der Waals surface area contributed by atoms with E-state index in [9.17, 15) is 4.79 Å². The standard InChI is InChI=1S/C17H22N4O2S/c1-3-4-7-10-23-14-9-6-5-8-13(14)11-19-21-16(22)15-12(2)20-17(18)24-15/h5-6,8-9,11H,3-4,7,10H2,1-2H3,(H2,18,20)(H,21,22). The highest BCUT2D eigenvalue weighted by Gasteiger charge is 2.13. The molecule has 2 aromatic rings. The van der Waals surface area contributed by atoms with E-state index in [-0.39, 0.29) is 5.91 Å². The van der Waals surface area contributed by atoms with Gasteiger partial charge in [-0.05, 0) is 25.5 Å². The first-order valence-electron chi connectivity index (χ1n) is 7.90. The van der Waals surface area contributed by atoms with E-state index in [4.69, 9.17) is 10.5 Å². The highest BCUT2D eigenvalue weighted by molar-refractivity contribution is 7.17. The van der Waals surface area contributed by atoms with Crippen LogP contribution in [0, 0.1) is 6.92 Å². The Bertz CT molecular complexity index is 712. The molecule has 2 rings (SSSR count). The second-order valence-corrected chi connectivity index (χ2v) is 6.29. The van der Waals surface area contributed by atoms with Crippen molar-refractivity contribution in [2.24, 2.45) is 5.10 Å². The molecule has 0 unspecified atom stereocenters. The van der Waals surface area contributed by atoms with Crippen molar-refractivity contribution in [3.05, 3.63) is 40.4 Å². The van der Waals surface area contributed by atoms with Gasteiger partial charge < -0.3 is 10.5 Å². The summed E-state index contributed by atoms with van der Waals surface area (Å²) in [5, 5.41) is 4.37. The number of rotatable bonds is 8. The number of hydrogen-bond acceptors (Lipinski definition) is 6. The van der Waals surface area contributed by atoms with Gasteiger partial charge >= 0.3 is 0 Å². The Kier molecular flexibility index (Phi) is 6.74. The molecule has 0 aliphatic heterocycles. The van der Waals surface area contributed by atoms with Crippen LogP contribution in [0.5, 0.6) is 5.75 Å². The second-order valence-electron chi connectivity index (χ2n) is 5.26. The van der Waals surface area contributed by atoms with Crippen LogP contribution in [0.2, 0.25) is 0 Å². The Balaban J connectivity index is 1.96. The molecule has 1 aromatic carbocycles. The smallest absolute Gasteiger partial charge is 0.283 e. The Morgan fingerprint density at radius 1 is 1.42 bits per heavy atom. The Labute approximate surface area is 145 Å². The van der Waals surface area contributed by atoms with Crippen molar-refractivity contribution in [1.29, 1.82) is 0 Å². The molecule has 1 amide bonds. The lowest BCUT2D eigenvalue weighted by Gasteiger charge is -2.08. The summed E-state index contributed by atoms with van der Waals surface area (Å²) in [6.07, 6.45) is 4.89. The number of amides is 1. The van der Waals surface area contributed by atoms with Crippen LogP contribution in [0.4, 0.5) is 5.13 Å². The molecule has 3 N–H and O–H groups in total. The van der Waals surface area contributed by atoms with Gasteiger partial charge in [0.05, 0.1) is 18.5 Å². The summed E-state index contributed by atoms with van der Waals surface area (Å²) in [6.45, 7) is 4.57. The molecule has 6 nitrogen and oxygen atoms in total. The van der Waals surface area contributed by atoms with Crippen LogP contribution in [0.15, 0.2) is 29.4 Å². The summed E-state index contributed by atoms with van der Waals surface area (Å²) >= 11 is 1.14. The molecule has 1 heterocycles. The number of ether oxygens (including phenoxy) is 1. The number of aromatic nitrogens is 1. The monoisotopic (exact) mass is 346 g/mol. The van der Waals surface area contributed by atoms with Crippen LogP contribution in [0.25, 0.3) is 0 Å². The molecule has 0 saturated heterocycles. The van der Waals surface area contributed by atoms with Gasteiger partial charge in [0, 0.05) is 5.56 Å². The molecule has 24 heavy (non-hydrogen) atoms. The number of unbranched alkanes of at least 4 members (excludes halogenated alkanes) is 2. The fourth-order valence-corrected chi connectivity index (χ4v) is 2.82. The third-order valence-corrected chi connectivity index (χ3v) is 4.30. The highest BCUT2D eigenvalue weighted by atomic mass is 32.1. The first-order chi connectivity index (χ1) is 11.6. The Hall–Kier alpha value is -2.41. The third kappa shape index (κ3) is 5.06. The van der Waals surface area contributed by atoms with E-state index in [0.717, 1.165) is 41.9 Å². The Morgan fingerprint density at radius 2 is 2.21 bits per heavy atom. The summed E-state index contributed by atoms with van der Waals surface area (Å²) < 4.78 is 5.78. The largest absolute Gasteiger partial charge is 0.493 e. The maximum atomic E-state index is 12.1. The van der Waals surface area contributed by atoms with E-state index >= 15 is 0 Å². The van der Waals surface area contributed by atoms with Crippen LogP contribution < -0.4 is 15.9 Å². The predicted molar refractivity (Wildman–Crippen MR) is 97.8 cm³/mol. The summed E-state index contributed by atoms with van der Waals surface area (Å²) in [5.41, 5.74) is 9.51. The van der Waals surface area contributed by atoms with Gasteiger partial charge in [-0.15, -0.1) is 0 Å². The van der Waals surface area contributed by atoms with Crippen molar-refractivity contribution in [1.82, 2.24) is 10.4 Å². The van der Waals surface area contributed by atoms with Crippen molar-refractivity contribution in [3.63, 3.8) is 0 Å². The van der Waals surface area contributed by atoms with Gasteiger partial charge in [-0.1, -0.05) is 43.2 Å². The van der Waals surface area contributed by atoms with E-state index in [1.807, 2.05) is 24.3 Å². The van der Waals surface area contributed by atoms with E-state index < -0.39 is 0 Å². The lowest BCUT2D eigenvalue weighted by Crippen LogP contribution is -2.17. The molecule has 7 heteroatoms. The number of aryl methyl sites for hydroxylation is 1. The van der Waals surface area contributed by atoms with Gasteiger partial charge in [0.25, 0.3) is 5.91 Å². The summed E-state index contributed by atoms with van der Waals surface area (Å²) in [5.74, 6) is 0.434. The predicted octanol–water partition coefficient (Wildman–Crippen LogP) is 3.37. The number of hydrogen-bond donors (Lipinski definition) is 2. The molecule has 0 spiro atoms. The zero-order valence-corrected chi connectivity index (χ0v) is 14.7. The maximum absolute atomic E-state index is 12.1. The van der Waals surface area contributed by atoms with Crippen molar-refractivity contribution in [2.45, 2.75) is 33.1 Å². The number of carbonyl (C=O) groups excluding carboxylic acids is 1. The average molecular weight is 346 g/mol. The molecule has 0 aliphatic carbocycles. The lowest BCUT2D eigenvalue weighted by atomic mass is 10.2. The quantitative estimate of drug-likeness (QED) is 0.436. The molecule has 0 atom stereocenters. The molecule has 128 valence electrons. The van der Waals surface area contributed by atoms with Crippen molar-refractivity contribution < 1.29 is 9.53 Å². The van der Waals surface area contributed by atoms with Crippen LogP contribution in [-0.2, 0) is 0 Å². The van der Waals surface area contributed by atoms with E-state index in [0.29, 0.717) is 22.3 Å². The van der Waals surface area contributed by atoms with E-state index in [1.54, 1.807) is 13.1 Å². The number of carbonyl (C=O) groups is 1. The Morgan fingerprint density at radius 3 is 2.92 bits per heavy atom. The van der Waals surface area contributed by atoms with Crippen LogP contribution in [-0.4, -0.2) is 23.7 Å². The average Bonchev–Trinajstić information content (AvgIpc) is 2.91. The zero-order chi connectivity index (χ0) is 17.4. The SMILES string of the molecule is CCCCCOc1ccccc1C=NNC(=O)c1sc(N)nc1C. The fraction of sp³-hybridized carbons (Fsp3) is 0.353. The molecular weight excluding hydrogens is 324 g/mol. The number of nitrogens with zero attached hydrogens (tertiary/aromatic N) is 2. The lowest BCUT2D eigenvalue weighted by molar-refractivity contribution is 0.0958. The number of nitrogen functional groups attached to an aromatic ring is 1. The van der Waals surface area contributed by atoms with Gasteiger partial charge in [-0.2, -0.15) is 5.10 Å². The second kappa shape index (κ2) is 9.02. The molecule has 0 saturated carbocycles. The van der Waals surface area contributed by atoms with Gasteiger partial charge in [-0.25, -0.2) is 10.4 Å². The first kappa shape index (κ1) is 17.9. The van der Waals surface area contributed by atoms with Gasteiger partial charge in [-0.3, -0.25) is 4.79 Å². The van der Waals surface area contributed by atoms with Crippen LogP contribution in [0.1, 0.15) is 47.1 Å². The van der Waals surface area contributed by atoms with Gasteiger partial charge in [0.15, 0.2) is 5.13 Å². The third-order valence-electron chi connectivity index (χ3n) is 3.31. The molecule has 0 fully saturated rings. The molecule has 0 radical (unpaired) electrons. The number of thiazole rings is 1. The minimum atomic E-state index is -0.320. The van der Waals surface area contributed by atoms with Crippen molar-refractivity contribution in [3.8, 4) is 5.75 Å².